The summed E-state index contributed by atoms with van der Waals surface area (Å²) >= 11 is 0. The molecule has 1 aliphatic rings. The summed E-state index contributed by atoms with van der Waals surface area (Å²) in [5.41, 5.74) is 6.35. The van der Waals surface area contributed by atoms with Crippen molar-refractivity contribution in [2.45, 2.75) is 103 Å². The van der Waals surface area contributed by atoms with Crippen molar-refractivity contribution < 1.29 is 33.4 Å². The van der Waals surface area contributed by atoms with Gasteiger partial charge in [-0.2, -0.15) is 0 Å². The highest BCUT2D eigenvalue weighted by Crippen LogP contribution is 2.44. The Kier molecular flexibility index (Phi) is 15.8. The molecule has 4 amide bonds. The van der Waals surface area contributed by atoms with Crippen LogP contribution in [0.3, 0.4) is 0 Å². The normalized spacial score (nSPS) is 13.0. The van der Waals surface area contributed by atoms with Gasteiger partial charge in [0, 0.05) is 36.1 Å². The van der Waals surface area contributed by atoms with Crippen LogP contribution in [0.5, 0.6) is 0 Å². The van der Waals surface area contributed by atoms with Crippen molar-refractivity contribution in [2.24, 2.45) is 0 Å². The average molecular weight is 858 g/mol. The number of carbonyl (C=O) groups excluding carboxylic acids is 4. The molecule has 4 aromatic carbocycles. The molecule has 0 spiro atoms. The number of nitrogens with zero attached hydrogens (tertiary/aromatic N) is 1. The van der Waals surface area contributed by atoms with E-state index in [4.69, 9.17) is 14.2 Å². The van der Waals surface area contributed by atoms with Crippen molar-refractivity contribution in [3.63, 3.8) is 0 Å². The average Bonchev–Trinajstić information content (AvgIpc) is 3.57. The lowest BCUT2D eigenvalue weighted by molar-refractivity contribution is -0.129. The van der Waals surface area contributed by atoms with Crippen molar-refractivity contribution in [3.8, 4) is 11.1 Å². The van der Waals surface area contributed by atoms with Crippen LogP contribution in [0.25, 0.3) is 22.0 Å². The van der Waals surface area contributed by atoms with Crippen LogP contribution in [-0.2, 0) is 37.0 Å². The van der Waals surface area contributed by atoms with Crippen LogP contribution < -0.4 is 26.8 Å². The summed E-state index contributed by atoms with van der Waals surface area (Å²) in [7, 11) is 0. The van der Waals surface area contributed by atoms with Crippen molar-refractivity contribution in [2.75, 3.05) is 25.1 Å². The quantitative estimate of drug-likeness (QED) is 0.0602. The van der Waals surface area contributed by atoms with Gasteiger partial charge in [0.1, 0.15) is 24.3 Å². The largest absolute Gasteiger partial charge is 0.449 e. The van der Waals surface area contributed by atoms with E-state index >= 15 is 0 Å². The Morgan fingerprint density at radius 3 is 2.13 bits per heavy atom. The summed E-state index contributed by atoms with van der Waals surface area (Å²) in [4.78, 5) is 67.3. The Morgan fingerprint density at radius 1 is 0.762 bits per heavy atom. The molecule has 0 saturated carbocycles. The number of rotatable bonds is 19. The van der Waals surface area contributed by atoms with E-state index in [1.165, 1.54) is 0 Å². The fourth-order valence-corrected chi connectivity index (χ4v) is 7.76. The zero-order valence-corrected chi connectivity index (χ0v) is 36.8. The second-order valence-electron chi connectivity index (χ2n) is 16.9. The SMILES string of the molecule is CCCCn1c(=O)cc(C)c2ccc(NC(=O)[C@H](CCCCNC(=O)OC(C)(C)C)NC(=O)[C@H](COCc3ccccc3)NC(=O)OCC3c4ccccc4-c4ccccc43)cc21. The predicted octanol–water partition coefficient (Wildman–Crippen LogP) is 8.35. The fraction of sp³-hybridized carbons (Fsp3) is 0.380. The van der Waals surface area contributed by atoms with Crippen molar-refractivity contribution in [1.82, 2.24) is 20.5 Å². The van der Waals surface area contributed by atoms with Gasteiger partial charge in [0.15, 0.2) is 0 Å². The number of alkyl carbamates (subject to hydrolysis) is 2. The van der Waals surface area contributed by atoms with E-state index in [-0.39, 0.29) is 44.3 Å². The third-order valence-corrected chi connectivity index (χ3v) is 10.9. The molecule has 2 atom stereocenters. The highest BCUT2D eigenvalue weighted by Gasteiger charge is 2.31. The van der Waals surface area contributed by atoms with Crippen LogP contribution in [0.15, 0.2) is 108 Å². The van der Waals surface area contributed by atoms with Gasteiger partial charge in [-0.3, -0.25) is 14.4 Å². The van der Waals surface area contributed by atoms with Crippen molar-refractivity contribution >= 4 is 40.6 Å². The molecule has 0 unspecified atom stereocenters. The number of ether oxygens (including phenoxy) is 3. The topological polar surface area (TPSA) is 166 Å². The molecule has 0 bridgehead atoms. The van der Waals surface area contributed by atoms with Crippen LogP contribution in [0.4, 0.5) is 15.3 Å². The number of aromatic nitrogens is 1. The van der Waals surface area contributed by atoms with E-state index in [1.54, 1.807) is 43.5 Å². The highest BCUT2D eigenvalue weighted by atomic mass is 16.6. The summed E-state index contributed by atoms with van der Waals surface area (Å²) in [6, 6.07) is 30.2. The van der Waals surface area contributed by atoms with E-state index in [9.17, 15) is 24.0 Å². The first-order valence-electron chi connectivity index (χ1n) is 21.8. The lowest BCUT2D eigenvalue weighted by Crippen LogP contribution is -2.54. The van der Waals surface area contributed by atoms with Gasteiger partial charge in [0.2, 0.25) is 11.8 Å². The number of fused-ring (bicyclic) bond motifs is 4. The lowest BCUT2D eigenvalue weighted by atomic mass is 9.98. The number of amides is 4. The number of pyridine rings is 1. The maximum atomic E-state index is 14.2. The van der Waals surface area contributed by atoms with Gasteiger partial charge in [-0.1, -0.05) is 98.3 Å². The molecule has 13 nitrogen and oxygen atoms in total. The van der Waals surface area contributed by atoms with Gasteiger partial charge in [0.25, 0.3) is 5.56 Å². The molecule has 0 fully saturated rings. The fourth-order valence-electron chi connectivity index (χ4n) is 7.76. The number of unbranched alkanes of at least 4 members (excludes halogenated alkanes) is 2. The maximum absolute atomic E-state index is 14.2. The molecule has 13 heteroatoms. The molecule has 0 aliphatic heterocycles. The summed E-state index contributed by atoms with van der Waals surface area (Å²) in [5.74, 6) is -1.34. The van der Waals surface area contributed by atoms with Gasteiger partial charge in [-0.05, 0) is 98.9 Å². The first kappa shape index (κ1) is 46.0. The minimum atomic E-state index is -1.23. The van der Waals surface area contributed by atoms with Gasteiger partial charge < -0.3 is 40.0 Å². The van der Waals surface area contributed by atoms with E-state index < -0.39 is 41.7 Å². The predicted molar refractivity (Wildman–Crippen MR) is 245 cm³/mol. The third kappa shape index (κ3) is 12.6. The number of hydrogen-bond donors (Lipinski definition) is 4. The second kappa shape index (κ2) is 21.6. The Labute approximate surface area is 368 Å². The highest BCUT2D eigenvalue weighted by molar-refractivity contribution is 5.99. The first-order valence-corrected chi connectivity index (χ1v) is 21.8. The number of nitrogens with one attached hydrogen (secondary N) is 4. The summed E-state index contributed by atoms with van der Waals surface area (Å²) in [6.07, 6.45) is 1.48. The van der Waals surface area contributed by atoms with Gasteiger partial charge in [-0.15, -0.1) is 0 Å². The number of anilines is 1. The summed E-state index contributed by atoms with van der Waals surface area (Å²) < 4.78 is 18.8. The molecule has 1 aliphatic carbocycles. The monoisotopic (exact) mass is 857 g/mol. The molecule has 4 N–H and O–H groups in total. The number of benzene rings is 4. The van der Waals surface area contributed by atoms with Crippen LogP contribution in [0.1, 0.15) is 88.0 Å². The molecule has 6 rings (SSSR count). The zero-order valence-electron chi connectivity index (χ0n) is 36.8. The lowest BCUT2D eigenvalue weighted by Gasteiger charge is -2.24. The van der Waals surface area contributed by atoms with Crippen LogP contribution in [0.2, 0.25) is 0 Å². The summed E-state index contributed by atoms with van der Waals surface area (Å²) in [6.45, 7) is 10.1. The first-order chi connectivity index (χ1) is 30.3. The Hall–Kier alpha value is -6.47. The minimum Gasteiger partial charge on any atom is -0.449 e. The molecule has 332 valence electrons. The number of hydrogen-bond acceptors (Lipinski definition) is 8. The molecule has 1 heterocycles. The van der Waals surface area contributed by atoms with Crippen molar-refractivity contribution in [3.05, 3.63) is 136 Å². The molecule has 1 aromatic heterocycles. The van der Waals surface area contributed by atoms with E-state index in [1.807, 2.05) is 79.7 Å². The number of aryl methyl sites for hydroxylation is 2. The molecular weight excluding hydrogens is 799 g/mol. The van der Waals surface area contributed by atoms with E-state index in [0.717, 1.165) is 51.6 Å². The second-order valence-corrected chi connectivity index (χ2v) is 16.9. The molecule has 0 saturated heterocycles. The van der Waals surface area contributed by atoms with Crippen LogP contribution in [0, 0.1) is 6.92 Å². The third-order valence-electron chi connectivity index (χ3n) is 10.9. The minimum absolute atomic E-state index is 0.0407. The Balaban J connectivity index is 1.19. The number of carbonyl (C=O) groups is 4. The van der Waals surface area contributed by atoms with Crippen LogP contribution >= 0.6 is 0 Å². The Morgan fingerprint density at radius 2 is 1.44 bits per heavy atom. The van der Waals surface area contributed by atoms with Gasteiger partial charge in [0.05, 0.1) is 18.7 Å². The van der Waals surface area contributed by atoms with Gasteiger partial charge >= 0.3 is 12.2 Å². The molecule has 5 aromatic rings. The summed E-state index contributed by atoms with van der Waals surface area (Å²) in [5, 5.41) is 12.2. The molecular formula is C50H59N5O8. The standard InChI is InChI=1S/C50H59N5O8/c1-6-7-27-55-44-29-35(24-25-36(44)33(2)28-45(55)56)52-46(57)42(23-15-16-26-51-48(59)63-50(3,4)5)53-47(58)43(32-61-30-34-17-9-8-10-18-34)54-49(60)62-31-41-39-21-13-11-19-37(39)38-20-12-14-22-40(38)41/h8-14,17-22,24-25,28-29,41-43H,6-7,15-16,23,26-27,30-32H2,1-5H3,(H,51,59)(H,52,57)(H,53,58)(H,54,60)/t42-,43-/m0/s1. The van der Waals surface area contributed by atoms with E-state index in [0.29, 0.717) is 30.6 Å². The molecule has 0 radical (unpaired) electrons. The smallest absolute Gasteiger partial charge is 0.407 e. The Bertz CT molecular complexity index is 2400. The van der Waals surface area contributed by atoms with Crippen molar-refractivity contribution in [1.29, 1.82) is 0 Å². The van der Waals surface area contributed by atoms with Gasteiger partial charge in [-0.25, -0.2) is 9.59 Å². The molecule has 63 heavy (non-hydrogen) atoms. The van der Waals surface area contributed by atoms with E-state index in [2.05, 4.69) is 40.3 Å². The maximum Gasteiger partial charge on any atom is 0.407 e. The van der Waals surface area contributed by atoms with Crippen LogP contribution in [-0.4, -0.2) is 66.0 Å². The zero-order chi connectivity index (χ0) is 44.9.